The second-order valence-corrected chi connectivity index (χ2v) is 4.25. The average molecular weight is 280 g/mol. The fraction of sp³-hybridized carbons (Fsp3) is 0.500. The Labute approximate surface area is 101 Å². The lowest BCUT2D eigenvalue weighted by atomic mass is 10.1. The van der Waals surface area contributed by atoms with Crippen LogP contribution in [-0.2, 0) is 0 Å². The number of hydrogen-bond donors (Lipinski definition) is 1. The van der Waals surface area contributed by atoms with Gasteiger partial charge in [0.1, 0.15) is 0 Å². The second-order valence-electron chi connectivity index (χ2n) is 2.89. The van der Waals surface area contributed by atoms with Gasteiger partial charge in [0.2, 0.25) is 0 Å². The molecule has 1 aromatic heterocycles. The van der Waals surface area contributed by atoms with Gasteiger partial charge in [-0.15, -0.1) is 23.7 Å². The van der Waals surface area contributed by atoms with Crippen molar-refractivity contribution >= 4 is 35.3 Å². The summed E-state index contributed by atoms with van der Waals surface area (Å²) in [6, 6.07) is 1.01. The molecule has 88 valence electrons. The van der Waals surface area contributed by atoms with Gasteiger partial charge in [-0.05, 0) is 17.9 Å². The maximum absolute atomic E-state index is 11.9. The summed E-state index contributed by atoms with van der Waals surface area (Å²) in [4.78, 5) is 0.621. The predicted octanol–water partition coefficient (Wildman–Crippen LogP) is 4.17. The van der Waals surface area contributed by atoms with Crippen LogP contribution < -0.4 is 5.73 Å². The van der Waals surface area contributed by atoms with Crippen molar-refractivity contribution in [1.82, 2.24) is 0 Å². The van der Waals surface area contributed by atoms with E-state index in [0.717, 1.165) is 0 Å². The molecule has 1 heterocycles. The Bertz CT molecular complexity index is 300. The van der Waals surface area contributed by atoms with Crippen LogP contribution in [0.15, 0.2) is 11.4 Å². The largest absolute Gasteiger partial charge is 0.389 e. The molecule has 0 aliphatic rings. The lowest BCUT2D eigenvalue weighted by Crippen LogP contribution is -2.15. The van der Waals surface area contributed by atoms with Gasteiger partial charge in [0.15, 0.2) is 0 Å². The minimum Gasteiger partial charge on any atom is -0.323 e. The molecule has 2 N–H and O–H groups in total. The van der Waals surface area contributed by atoms with E-state index < -0.39 is 18.6 Å². The fourth-order valence-corrected chi connectivity index (χ4v) is 2.26. The molecule has 0 bridgehead atoms. The van der Waals surface area contributed by atoms with Crippen LogP contribution in [-0.4, -0.2) is 6.18 Å². The minimum atomic E-state index is -4.15. The number of nitrogens with two attached hydrogens (primary N) is 1. The third-order valence-corrected chi connectivity index (χ3v) is 3.21. The smallest absolute Gasteiger partial charge is 0.323 e. The summed E-state index contributed by atoms with van der Waals surface area (Å²) >= 11 is 7.02. The molecule has 0 aliphatic heterocycles. The molecule has 0 spiro atoms. The van der Waals surface area contributed by atoms with Gasteiger partial charge in [-0.1, -0.05) is 11.6 Å². The summed E-state index contributed by atoms with van der Waals surface area (Å²) in [5.41, 5.74) is 5.57. The average Bonchev–Trinajstić information content (AvgIpc) is 2.46. The highest BCUT2D eigenvalue weighted by atomic mass is 35.5. The van der Waals surface area contributed by atoms with Gasteiger partial charge >= 0.3 is 6.18 Å². The first-order chi connectivity index (χ1) is 6.40. The van der Waals surface area contributed by atoms with Crippen molar-refractivity contribution in [1.29, 1.82) is 0 Å². The first-order valence-corrected chi connectivity index (χ1v) is 5.21. The van der Waals surface area contributed by atoms with Gasteiger partial charge in [0.05, 0.1) is 5.02 Å². The molecular weight excluding hydrogens is 270 g/mol. The van der Waals surface area contributed by atoms with Gasteiger partial charge in [0.25, 0.3) is 0 Å². The number of rotatable bonds is 3. The van der Waals surface area contributed by atoms with E-state index in [1.54, 1.807) is 11.4 Å². The number of hydrogen-bond acceptors (Lipinski definition) is 2. The first-order valence-electron chi connectivity index (χ1n) is 3.95. The first kappa shape index (κ1) is 15.0. The molecule has 1 aromatic rings. The van der Waals surface area contributed by atoms with E-state index in [4.69, 9.17) is 17.3 Å². The van der Waals surface area contributed by atoms with Crippen molar-refractivity contribution in [3.63, 3.8) is 0 Å². The summed E-state index contributed by atoms with van der Waals surface area (Å²) in [6.45, 7) is 0. The lowest BCUT2D eigenvalue weighted by Gasteiger charge is -2.11. The molecule has 7 heteroatoms. The monoisotopic (exact) mass is 279 g/mol. The van der Waals surface area contributed by atoms with Gasteiger partial charge in [-0.2, -0.15) is 13.2 Å². The molecule has 0 aliphatic carbocycles. The maximum Gasteiger partial charge on any atom is 0.389 e. The van der Waals surface area contributed by atoms with Crippen LogP contribution in [0.3, 0.4) is 0 Å². The molecule has 15 heavy (non-hydrogen) atoms. The zero-order valence-corrected chi connectivity index (χ0v) is 9.94. The minimum absolute atomic E-state index is 0. The fourth-order valence-electron chi connectivity index (χ4n) is 1.02. The van der Waals surface area contributed by atoms with Gasteiger partial charge < -0.3 is 5.73 Å². The van der Waals surface area contributed by atoms with Crippen molar-refractivity contribution < 1.29 is 13.2 Å². The predicted molar refractivity (Wildman–Crippen MR) is 58.8 cm³/mol. The zero-order valence-electron chi connectivity index (χ0n) is 7.55. The van der Waals surface area contributed by atoms with E-state index in [1.165, 1.54) is 11.3 Å². The van der Waals surface area contributed by atoms with Crippen molar-refractivity contribution in [2.24, 2.45) is 5.73 Å². The van der Waals surface area contributed by atoms with E-state index >= 15 is 0 Å². The standard InChI is InChI=1S/C8H9ClF3NS.ClH/c9-5-2-4-14-7(5)6(13)1-3-8(10,11)12;/h2,4,6H,1,3,13H2;1H/t6-;/m1./s1. The van der Waals surface area contributed by atoms with Crippen molar-refractivity contribution in [2.75, 3.05) is 0 Å². The Kier molecular flexibility index (Phi) is 5.95. The summed E-state index contributed by atoms with van der Waals surface area (Å²) in [6.07, 6.45) is -5.15. The molecule has 1 rings (SSSR count). The molecule has 0 saturated heterocycles. The van der Waals surface area contributed by atoms with E-state index in [9.17, 15) is 13.2 Å². The van der Waals surface area contributed by atoms with Gasteiger partial charge in [0, 0.05) is 17.3 Å². The molecule has 0 aromatic carbocycles. The highest BCUT2D eigenvalue weighted by Crippen LogP contribution is 2.32. The Morgan fingerprint density at radius 1 is 1.47 bits per heavy atom. The molecule has 0 amide bonds. The maximum atomic E-state index is 11.9. The van der Waals surface area contributed by atoms with E-state index in [2.05, 4.69) is 0 Å². The third-order valence-electron chi connectivity index (χ3n) is 1.72. The molecule has 0 radical (unpaired) electrons. The molecule has 1 nitrogen and oxygen atoms in total. The Hall–Kier alpha value is 0.0300. The number of alkyl halides is 3. The van der Waals surface area contributed by atoms with Crippen LogP contribution in [0.25, 0.3) is 0 Å². The third kappa shape index (κ3) is 5.06. The van der Waals surface area contributed by atoms with Crippen LogP contribution in [0.5, 0.6) is 0 Å². The van der Waals surface area contributed by atoms with Crippen molar-refractivity contribution in [2.45, 2.75) is 25.1 Å². The van der Waals surface area contributed by atoms with Crippen LogP contribution >= 0.6 is 35.3 Å². The summed E-state index contributed by atoms with van der Waals surface area (Å²) in [5, 5.41) is 2.16. The summed E-state index contributed by atoms with van der Waals surface area (Å²) < 4.78 is 35.6. The van der Waals surface area contributed by atoms with Crippen molar-refractivity contribution in [3.8, 4) is 0 Å². The van der Waals surface area contributed by atoms with Gasteiger partial charge in [-0.3, -0.25) is 0 Å². The zero-order chi connectivity index (χ0) is 10.8. The SMILES string of the molecule is Cl.N[C@H](CCC(F)(F)F)c1sccc1Cl. The Morgan fingerprint density at radius 3 is 2.47 bits per heavy atom. The normalized spacial score (nSPS) is 13.4. The molecule has 1 atom stereocenters. The molecule has 0 unspecified atom stereocenters. The summed E-state index contributed by atoms with van der Waals surface area (Å²) in [5.74, 6) is 0. The van der Waals surface area contributed by atoms with Crippen molar-refractivity contribution in [3.05, 3.63) is 21.3 Å². The Morgan fingerprint density at radius 2 is 2.07 bits per heavy atom. The van der Waals surface area contributed by atoms with E-state index in [-0.39, 0.29) is 18.8 Å². The van der Waals surface area contributed by atoms with Crippen LogP contribution in [0.2, 0.25) is 5.02 Å². The highest BCUT2D eigenvalue weighted by Gasteiger charge is 2.28. The molecular formula is C8H10Cl2F3NS. The molecule has 0 saturated carbocycles. The second kappa shape index (κ2) is 5.94. The summed E-state index contributed by atoms with van der Waals surface area (Å²) in [7, 11) is 0. The lowest BCUT2D eigenvalue weighted by molar-refractivity contribution is -0.136. The number of halogens is 5. The van der Waals surface area contributed by atoms with Gasteiger partial charge in [-0.25, -0.2) is 0 Å². The quantitative estimate of drug-likeness (QED) is 0.883. The molecule has 0 fully saturated rings. The van der Waals surface area contributed by atoms with Crippen LogP contribution in [0.4, 0.5) is 13.2 Å². The van der Waals surface area contributed by atoms with Crippen LogP contribution in [0, 0.1) is 0 Å². The highest BCUT2D eigenvalue weighted by molar-refractivity contribution is 7.10. The Balaban J connectivity index is 0.00000196. The van der Waals surface area contributed by atoms with Crippen LogP contribution in [0.1, 0.15) is 23.8 Å². The number of thiophene rings is 1. The van der Waals surface area contributed by atoms with E-state index in [0.29, 0.717) is 9.90 Å². The topological polar surface area (TPSA) is 26.0 Å². The van der Waals surface area contributed by atoms with E-state index in [1.807, 2.05) is 0 Å².